The number of nitriles is 1. The summed E-state index contributed by atoms with van der Waals surface area (Å²) < 4.78 is 4.95. The number of halogens is 1. The van der Waals surface area contributed by atoms with Crippen molar-refractivity contribution in [2.75, 3.05) is 12.4 Å². The molecule has 21 heavy (non-hydrogen) atoms. The van der Waals surface area contributed by atoms with E-state index in [0.717, 1.165) is 0 Å². The van der Waals surface area contributed by atoms with Crippen LogP contribution in [-0.4, -0.2) is 18.1 Å². The second-order valence-electron chi connectivity index (χ2n) is 4.12. The normalized spacial score (nSPS) is 9.76. The summed E-state index contributed by atoms with van der Waals surface area (Å²) in [5, 5.41) is 21.5. The van der Waals surface area contributed by atoms with Crippen molar-refractivity contribution in [3.05, 3.63) is 52.5 Å². The van der Waals surface area contributed by atoms with Crippen LogP contribution in [0.3, 0.4) is 0 Å². The molecule has 0 spiro atoms. The Hall–Kier alpha value is -2.71. The van der Waals surface area contributed by atoms with E-state index in [-0.39, 0.29) is 22.1 Å². The van der Waals surface area contributed by atoms with Gasteiger partial charge in [0.25, 0.3) is 5.91 Å². The molecule has 6 heteroatoms. The number of nitrogens with one attached hydrogen (secondary N) is 1. The Bertz CT molecular complexity index is 738. The van der Waals surface area contributed by atoms with Crippen LogP contribution >= 0.6 is 11.6 Å². The molecule has 0 saturated heterocycles. The molecular formula is C15H11ClN2O3. The molecule has 0 bridgehead atoms. The van der Waals surface area contributed by atoms with Crippen LogP contribution in [0, 0.1) is 11.3 Å². The molecule has 1 amide bonds. The predicted molar refractivity (Wildman–Crippen MR) is 78.8 cm³/mol. The average Bonchev–Trinajstić information content (AvgIpc) is 2.49. The van der Waals surface area contributed by atoms with Gasteiger partial charge >= 0.3 is 0 Å². The van der Waals surface area contributed by atoms with Gasteiger partial charge in [-0.15, -0.1) is 0 Å². The number of para-hydroxylation sites is 1. The van der Waals surface area contributed by atoms with Gasteiger partial charge in [0.1, 0.15) is 0 Å². The smallest absolute Gasteiger partial charge is 0.259 e. The number of phenolic OH excluding ortho intramolecular Hbond substituents is 1. The fraction of sp³-hybridized carbons (Fsp3) is 0.0667. The van der Waals surface area contributed by atoms with Crippen molar-refractivity contribution in [2.45, 2.75) is 0 Å². The molecule has 0 fully saturated rings. The second kappa shape index (κ2) is 6.16. The highest BCUT2D eigenvalue weighted by molar-refractivity contribution is 6.34. The summed E-state index contributed by atoms with van der Waals surface area (Å²) in [4.78, 5) is 12.2. The first-order valence-corrected chi connectivity index (χ1v) is 6.31. The van der Waals surface area contributed by atoms with Crippen LogP contribution in [0.5, 0.6) is 11.5 Å². The van der Waals surface area contributed by atoms with Crippen LogP contribution in [0.15, 0.2) is 36.4 Å². The van der Waals surface area contributed by atoms with Crippen LogP contribution in [0.25, 0.3) is 0 Å². The van der Waals surface area contributed by atoms with Gasteiger partial charge in [0.2, 0.25) is 0 Å². The zero-order chi connectivity index (χ0) is 15.4. The van der Waals surface area contributed by atoms with Crippen molar-refractivity contribution in [1.29, 1.82) is 5.26 Å². The number of anilines is 1. The fourth-order valence-electron chi connectivity index (χ4n) is 1.75. The molecule has 2 aromatic rings. The molecule has 0 aromatic heterocycles. The zero-order valence-electron chi connectivity index (χ0n) is 11.1. The molecule has 2 N–H and O–H groups in total. The van der Waals surface area contributed by atoms with Crippen LogP contribution in [0.4, 0.5) is 5.69 Å². The van der Waals surface area contributed by atoms with Gasteiger partial charge in [-0.3, -0.25) is 4.79 Å². The van der Waals surface area contributed by atoms with Gasteiger partial charge < -0.3 is 15.2 Å². The molecule has 5 nitrogen and oxygen atoms in total. The molecule has 0 atom stereocenters. The largest absolute Gasteiger partial charge is 0.504 e. The Balaban J connectivity index is 2.29. The number of hydrogen-bond acceptors (Lipinski definition) is 4. The van der Waals surface area contributed by atoms with Crippen molar-refractivity contribution in [2.24, 2.45) is 0 Å². The number of ether oxygens (including phenoxy) is 1. The lowest BCUT2D eigenvalue weighted by Gasteiger charge is -2.10. The summed E-state index contributed by atoms with van der Waals surface area (Å²) in [5.74, 6) is -0.575. The Kier molecular flexibility index (Phi) is 4.31. The third-order valence-corrected chi connectivity index (χ3v) is 3.12. The summed E-state index contributed by atoms with van der Waals surface area (Å²) in [6.07, 6.45) is 0. The van der Waals surface area contributed by atoms with Crippen molar-refractivity contribution < 1.29 is 14.6 Å². The number of amides is 1. The summed E-state index contributed by atoms with van der Waals surface area (Å²) in [7, 11) is 1.40. The number of methoxy groups -OCH3 is 1. The second-order valence-corrected chi connectivity index (χ2v) is 4.52. The van der Waals surface area contributed by atoms with Crippen molar-refractivity contribution >= 4 is 23.2 Å². The van der Waals surface area contributed by atoms with Crippen molar-refractivity contribution in [3.63, 3.8) is 0 Å². The van der Waals surface area contributed by atoms with Crippen molar-refractivity contribution in [3.8, 4) is 17.6 Å². The number of aromatic hydroxyl groups is 1. The Morgan fingerprint density at radius 2 is 2.14 bits per heavy atom. The Morgan fingerprint density at radius 1 is 1.38 bits per heavy atom. The first-order valence-electron chi connectivity index (χ1n) is 5.93. The molecular weight excluding hydrogens is 292 g/mol. The van der Waals surface area contributed by atoms with E-state index in [9.17, 15) is 9.90 Å². The lowest BCUT2D eigenvalue weighted by Crippen LogP contribution is -2.12. The summed E-state index contributed by atoms with van der Waals surface area (Å²) in [6, 6.07) is 11.1. The number of phenols is 1. The van der Waals surface area contributed by atoms with E-state index in [1.807, 2.05) is 6.07 Å². The van der Waals surface area contributed by atoms with Gasteiger partial charge in [-0.2, -0.15) is 5.26 Å². The number of hydrogen-bond donors (Lipinski definition) is 2. The molecule has 0 heterocycles. The molecule has 0 unspecified atom stereocenters. The standard InChI is InChI=1S/C15H11ClN2O3/c1-21-13-4-2-3-10(14(13)19)15(20)18-12-6-5-9(8-17)7-11(12)16/h2-7,19H,1H3,(H,18,20). The molecule has 2 rings (SSSR count). The third-order valence-electron chi connectivity index (χ3n) is 2.81. The third kappa shape index (κ3) is 3.07. The molecule has 0 aliphatic heterocycles. The van der Waals surface area contributed by atoms with E-state index >= 15 is 0 Å². The zero-order valence-corrected chi connectivity index (χ0v) is 11.8. The number of rotatable bonds is 3. The lowest BCUT2D eigenvalue weighted by atomic mass is 10.1. The Morgan fingerprint density at radius 3 is 2.76 bits per heavy atom. The van der Waals surface area contributed by atoms with Crippen LogP contribution in [0.1, 0.15) is 15.9 Å². The highest BCUT2D eigenvalue weighted by Gasteiger charge is 2.16. The quantitative estimate of drug-likeness (QED) is 0.912. The Labute approximate surface area is 126 Å². The van der Waals surface area contributed by atoms with E-state index < -0.39 is 5.91 Å². The van der Waals surface area contributed by atoms with E-state index in [0.29, 0.717) is 11.3 Å². The summed E-state index contributed by atoms with van der Waals surface area (Å²) in [6.45, 7) is 0. The van der Waals surface area contributed by atoms with Crippen molar-refractivity contribution in [1.82, 2.24) is 0 Å². The number of nitrogens with zero attached hydrogens (tertiary/aromatic N) is 1. The minimum absolute atomic E-state index is 0.0646. The molecule has 0 radical (unpaired) electrons. The van der Waals surface area contributed by atoms with E-state index in [2.05, 4.69) is 5.32 Å². The number of carbonyl (C=O) groups excluding carboxylic acids is 1. The minimum Gasteiger partial charge on any atom is -0.504 e. The topological polar surface area (TPSA) is 82.3 Å². The monoisotopic (exact) mass is 302 g/mol. The maximum absolute atomic E-state index is 12.2. The summed E-state index contributed by atoms with van der Waals surface area (Å²) in [5.41, 5.74) is 0.805. The minimum atomic E-state index is -0.530. The van der Waals surface area contributed by atoms with Gasteiger partial charge in [-0.1, -0.05) is 17.7 Å². The summed E-state index contributed by atoms with van der Waals surface area (Å²) >= 11 is 5.99. The maximum Gasteiger partial charge on any atom is 0.259 e. The molecule has 2 aromatic carbocycles. The first-order chi connectivity index (χ1) is 10.1. The van der Waals surface area contributed by atoms with E-state index in [4.69, 9.17) is 21.6 Å². The predicted octanol–water partition coefficient (Wildman–Crippen LogP) is 3.18. The SMILES string of the molecule is COc1cccc(C(=O)Nc2ccc(C#N)cc2Cl)c1O. The molecule has 0 aliphatic rings. The van der Waals surface area contributed by atoms with Crippen LogP contribution in [0.2, 0.25) is 5.02 Å². The van der Waals surface area contributed by atoms with Crippen LogP contribution < -0.4 is 10.1 Å². The van der Waals surface area contributed by atoms with E-state index in [1.54, 1.807) is 12.1 Å². The van der Waals surface area contributed by atoms with Gasteiger partial charge in [-0.05, 0) is 30.3 Å². The van der Waals surface area contributed by atoms with Gasteiger partial charge in [0.05, 0.1) is 35.0 Å². The van der Waals surface area contributed by atoms with Gasteiger partial charge in [0, 0.05) is 0 Å². The number of carbonyl (C=O) groups is 1. The maximum atomic E-state index is 12.2. The fourth-order valence-corrected chi connectivity index (χ4v) is 1.97. The molecule has 106 valence electrons. The number of benzene rings is 2. The first kappa shape index (κ1) is 14.7. The molecule has 0 aliphatic carbocycles. The highest BCUT2D eigenvalue weighted by Crippen LogP contribution is 2.30. The van der Waals surface area contributed by atoms with Gasteiger partial charge in [0.15, 0.2) is 11.5 Å². The van der Waals surface area contributed by atoms with Gasteiger partial charge in [-0.25, -0.2) is 0 Å². The van der Waals surface area contributed by atoms with E-state index in [1.165, 1.54) is 31.4 Å². The average molecular weight is 303 g/mol. The van der Waals surface area contributed by atoms with Crippen LogP contribution in [-0.2, 0) is 0 Å². The molecule has 0 saturated carbocycles. The highest BCUT2D eigenvalue weighted by atomic mass is 35.5. The lowest BCUT2D eigenvalue weighted by molar-refractivity contribution is 0.102.